The van der Waals surface area contributed by atoms with Gasteiger partial charge >= 0.3 is 0 Å². The molecule has 0 radical (unpaired) electrons. The van der Waals surface area contributed by atoms with Gasteiger partial charge in [-0.05, 0) is 62.4 Å². The number of aryl methyl sites for hydroxylation is 1. The van der Waals surface area contributed by atoms with E-state index in [-0.39, 0.29) is 5.54 Å². The van der Waals surface area contributed by atoms with Crippen molar-refractivity contribution in [3.05, 3.63) is 28.8 Å². The lowest BCUT2D eigenvalue weighted by Gasteiger charge is -2.45. The molecule has 2 nitrogen and oxygen atoms in total. The van der Waals surface area contributed by atoms with E-state index in [9.17, 15) is 0 Å². The molecular weight excluding hydrogens is 232 g/mol. The van der Waals surface area contributed by atoms with Crippen molar-refractivity contribution in [1.82, 2.24) is 5.32 Å². The van der Waals surface area contributed by atoms with Gasteiger partial charge in [-0.25, -0.2) is 0 Å². The minimum Gasteiger partial charge on any atom is -0.369 e. The second-order valence-electron chi connectivity index (χ2n) is 6.59. The molecule has 0 saturated carbocycles. The molecule has 2 heteroatoms. The van der Waals surface area contributed by atoms with Crippen molar-refractivity contribution >= 4 is 5.69 Å². The lowest BCUT2D eigenvalue weighted by atomic mass is 9.79. The number of rotatable bonds is 3. The Hall–Kier alpha value is -1.02. The zero-order valence-electron chi connectivity index (χ0n) is 13.3. The van der Waals surface area contributed by atoms with E-state index in [4.69, 9.17) is 0 Å². The Bertz CT molecular complexity index is 463. The SMILES string of the molecule is CCNCc1cc2c(cc1C)N(C)C(C)(C)C[C@@H]2C. The molecule has 1 aliphatic heterocycles. The van der Waals surface area contributed by atoms with Crippen molar-refractivity contribution in [3.63, 3.8) is 0 Å². The summed E-state index contributed by atoms with van der Waals surface area (Å²) in [5.41, 5.74) is 6.03. The van der Waals surface area contributed by atoms with Crippen LogP contribution in [0.3, 0.4) is 0 Å². The molecule has 0 bridgehead atoms. The highest BCUT2D eigenvalue weighted by molar-refractivity contribution is 5.62. The van der Waals surface area contributed by atoms with E-state index in [0.717, 1.165) is 13.1 Å². The van der Waals surface area contributed by atoms with Crippen molar-refractivity contribution in [2.75, 3.05) is 18.5 Å². The normalized spacial score (nSPS) is 21.4. The summed E-state index contributed by atoms with van der Waals surface area (Å²) in [6, 6.07) is 4.79. The summed E-state index contributed by atoms with van der Waals surface area (Å²) < 4.78 is 0. The third kappa shape index (κ3) is 2.64. The third-order valence-corrected chi connectivity index (χ3v) is 4.66. The van der Waals surface area contributed by atoms with Crippen molar-refractivity contribution in [2.45, 2.75) is 59.0 Å². The second kappa shape index (κ2) is 5.16. The molecule has 0 fully saturated rings. The fourth-order valence-electron chi connectivity index (χ4n) is 3.21. The third-order valence-electron chi connectivity index (χ3n) is 4.66. The molecule has 0 aliphatic carbocycles. The van der Waals surface area contributed by atoms with Crippen molar-refractivity contribution in [2.24, 2.45) is 0 Å². The van der Waals surface area contributed by atoms with Crippen LogP contribution in [-0.4, -0.2) is 19.1 Å². The van der Waals surface area contributed by atoms with Crippen LogP contribution in [0.1, 0.15) is 56.7 Å². The number of hydrogen-bond acceptors (Lipinski definition) is 2. The molecule has 2 rings (SSSR count). The molecule has 1 atom stereocenters. The van der Waals surface area contributed by atoms with Gasteiger partial charge in [-0.3, -0.25) is 0 Å². The van der Waals surface area contributed by atoms with Gasteiger partial charge in [-0.2, -0.15) is 0 Å². The van der Waals surface area contributed by atoms with E-state index in [1.54, 1.807) is 0 Å². The largest absolute Gasteiger partial charge is 0.369 e. The van der Waals surface area contributed by atoms with Crippen molar-refractivity contribution < 1.29 is 0 Å². The van der Waals surface area contributed by atoms with E-state index < -0.39 is 0 Å². The Balaban J connectivity index is 2.43. The monoisotopic (exact) mass is 260 g/mol. The first-order valence-electron chi connectivity index (χ1n) is 7.44. The highest BCUT2D eigenvalue weighted by Gasteiger charge is 2.34. The topological polar surface area (TPSA) is 15.3 Å². The van der Waals surface area contributed by atoms with Gasteiger partial charge in [-0.1, -0.05) is 19.9 Å². The Labute approximate surface area is 118 Å². The molecule has 0 spiro atoms. The molecule has 1 N–H and O–H groups in total. The highest BCUT2D eigenvalue weighted by Crippen LogP contribution is 2.43. The number of nitrogens with one attached hydrogen (secondary N) is 1. The van der Waals surface area contributed by atoms with Crippen molar-refractivity contribution in [3.8, 4) is 0 Å². The summed E-state index contributed by atoms with van der Waals surface area (Å²) in [7, 11) is 2.23. The number of fused-ring (bicyclic) bond motifs is 1. The smallest absolute Gasteiger partial charge is 0.0406 e. The van der Waals surface area contributed by atoms with Crippen LogP contribution in [0.15, 0.2) is 12.1 Å². The van der Waals surface area contributed by atoms with Crippen LogP contribution in [0, 0.1) is 6.92 Å². The van der Waals surface area contributed by atoms with Crippen LogP contribution in [0.2, 0.25) is 0 Å². The lowest BCUT2D eigenvalue weighted by molar-refractivity contribution is 0.395. The summed E-state index contributed by atoms with van der Waals surface area (Å²) in [6.45, 7) is 13.4. The summed E-state index contributed by atoms with van der Waals surface area (Å²) in [4.78, 5) is 2.45. The molecule has 1 aliphatic rings. The summed E-state index contributed by atoms with van der Waals surface area (Å²) in [6.07, 6.45) is 1.22. The van der Waals surface area contributed by atoms with E-state index in [0.29, 0.717) is 5.92 Å². The van der Waals surface area contributed by atoms with Gasteiger partial charge in [0.2, 0.25) is 0 Å². The van der Waals surface area contributed by atoms with Crippen LogP contribution in [0.4, 0.5) is 5.69 Å². The first-order chi connectivity index (χ1) is 8.86. The summed E-state index contributed by atoms with van der Waals surface area (Å²) >= 11 is 0. The maximum atomic E-state index is 3.44. The van der Waals surface area contributed by atoms with Crippen LogP contribution in [-0.2, 0) is 6.54 Å². The van der Waals surface area contributed by atoms with Gasteiger partial charge in [0.25, 0.3) is 0 Å². The summed E-state index contributed by atoms with van der Waals surface area (Å²) in [5, 5.41) is 3.44. The Kier molecular flexibility index (Phi) is 3.91. The highest BCUT2D eigenvalue weighted by atomic mass is 15.2. The first-order valence-corrected chi connectivity index (χ1v) is 7.44. The van der Waals surface area contributed by atoms with E-state index in [1.807, 2.05) is 0 Å². The van der Waals surface area contributed by atoms with Gasteiger partial charge in [0.15, 0.2) is 0 Å². The maximum absolute atomic E-state index is 3.44. The molecule has 1 heterocycles. The van der Waals surface area contributed by atoms with Gasteiger partial charge in [0, 0.05) is 24.8 Å². The molecule has 19 heavy (non-hydrogen) atoms. The number of anilines is 1. The number of hydrogen-bond donors (Lipinski definition) is 1. The predicted octanol–water partition coefficient (Wildman–Crippen LogP) is 3.83. The van der Waals surface area contributed by atoms with Crippen LogP contribution >= 0.6 is 0 Å². The molecule has 0 aromatic heterocycles. The van der Waals surface area contributed by atoms with Crippen LogP contribution < -0.4 is 10.2 Å². The van der Waals surface area contributed by atoms with Crippen LogP contribution in [0.25, 0.3) is 0 Å². The van der Waals surface area contributed by atoms with Gasteiger partial charge in [-0.15, -0.1) is 0 Å². The molecule has 0 amide bonds. The average molecular weight is 260 g/mol. The molecule has 1 aromatic carbocycles. The Morgan fingerprint density at radius 1 is 1.37 bits per heavy atom. The fraction of sp³-hybridized carbons (Fsp3) is 0.647. The fourth-order valence-corrected chi connectivity index (χ4v) is 3.21. The average Bonchev–Trinajstić information content (AvgIpc) is 2.34. The minimum atomic E-state index is 0.252. The molecule has 1 aromatic rings. The Morgan fingerprint density at radius 2 is 2.05 bits per heavy atom. The zero-order chi connectivity index (χ0) is 14.2. The van der Waals surface area contributed by atoms with Gasteiger partial charge < -0.3 is 10.2 Å². The molecular formula is C17H28N2. The van der Waals surface area contributed by atoms with Crippen LogP contribution in [0.5, 0.6) is 0 Å². The van der Waals surface area contributed by atoms with E-state index in [2.05, 4.69) is 64.0 Å². The van der Waals surface area contributed by atoms with E-state index in [1.165, 1.54) is 28.8 Å². The number of nitrogens with zero attached hydrogens (tertiary/aromatic N) is 1. The predicted molar refractivity (Wildman–Crippen MR) is 84.1 cm³/mol. The molecule has 0 unspecified atom stereocenters. The molecule has 106 valence electrons. The second-order valence-corrected chi connectivity index (χ2v) is 6.59. The minimum absolute atomic E-state index is 0.252. The standard InChI is InChI=1S/C17H28N2/c1-7-18-11-14-9-15-13(3)10-17(4,5)19(6)16(15)8-12(14)2/h8-9,13,18H,7,10-11H2,1-6H3/t13-/m0/s1. The number of benzene rings is 1. The van der Waals surface area contributed by atoms with E-state index >= 15 is 0 Å². The molecule has 0 saturated heterocycles. The maximum Gasteiger partial charge on any atom is 0.0406 e. The zero-order valence-corrected chi connectivity index (χ0v) is 13.3. The lowest BCUT2D eigenvalue weighted by Crippen LogP contribution is -2.45. The quantitative estimate of drug-likeness (QED) is 0.888. The van der Waals surface area contributed by atoms with Crippen molar-refractivity contribution in [1.29, 1.82) is 0 Å². The van der Waals surface area contributed by atoms with Gasteiger partial charge in [0.05, 0.1) is 0 Å². The first kappa shape index (κ1) is 14.4. The van der Waals surface area contributed by atoms with Gasteiger partial charge in [0.1, 0.15) is 0 Å². The Morgan fingerprint density at radius 3 is 2.68 bits per heavy atom. The summed E-state index contributed by atoms with van der Waals surface area (Å²) in [5.74, 6) is 0.641.